The number of piperidine rings is 2. The second-order valence-electron chi connectivity index (χ2n) is 8.19. The van der Waals surface area contributed by atoms with Gasteiger partial charge < -0.3 is 19.3 Å². The van der Waals surface area contributed by atoms with Gasteiger partial charge in [0.2, 0.25) is 0 Å². The maximum absolute atomic E-state index is 12.6. The molecule has 160 valence electrons. The van der Waals surface area contributed by atoms with Crippen LogP contribution in [0, 0.1) is 0 Å². The SMILES string of the molecule is COC(=O)CCC(C)N1CCC(Oc2ccc(C(=O)N3CCCCC3)cc2)CC1. The first-order chi connectivity index (χ1) is 14.1. The Morgan fingerprint density at radius 1 is 1.03 bits per heavy atom. The van der Waals surface area contributed by atoms with Crippen molar-refractivity contribution in [2.24, 2.45) is 0 Å². The number of ether oxygens (including phenoxy) is 2. The smallest absolute Gasteiger partial charge is 0.305 e. The molecule has 0 aromatic heterocycles. The van der Waals surface area contributed by atoms with Crippen molar-refractivity contribution in [2.75, 3.05) is 33.3 Å². The van der Waals surface area contributed by atoms with Gasteiger partial charge in [-0.2, -0.15) is 0 Å². The molecule has 0 radical (unpaired) electrons. The summed E-state index contributed by atoms with van der Waals surface area (Å²) in [6.45, 7) is 5.85. The first kappa shape index (κ1) is 21.6. The maximum atomic E-state index is 12.6. The van der Waals surface area contributed by atoms with E-state index in [-0.39, 0.29) is 18.0 Å². The van der Waals surface area contributed by atoms with Gasteiger partial charge in [0, 0.05) is 44.2 Å². The van der Waals surface area contributed by atoms with Gasteiger partial charge in [-0.25, -0.2) is 0 Å². The van der Waals surface area contributed by atoms with E-state index in [2.05, 4.69) is 11.8 Å². The number of esters is 1. The van der Waals surface area contributed by atoms with E-state index in [9.17, 15) is 9.59 Å². The number of hydrogen-bond donors (Lipinski definition) is 0. The molecule has 1 amide bonds. The van der Waals surface area contributed by atoms with Gasteiger partial charge in [-0.05, 0) is 69.7 Å². The van der Waals surface area contributed by atoms with Crippen molar-refractivity contribution in [3.05, 3.63) is 29.8 Å². The van der Waals surface area contributed by atoms with Crippen LogP contribution in [0.3, 0.4) is 0 Å². The highest BCUT2D eigenvalue weighted by Crippen LogP contribution is 2.22. The number of amides is 1. The molecule has 2 saturated heterocycles. The van der Waals surface area contributed by atoms with Crippen LogP contribution in [-0.4, -0.2) is 67.1 Å². The topological polar surface area (TPSA) is 59.1 Å². The molecule has 0 bridgehead atoms. The lowest BCUT2D eigenvalue weighted by Crippen LogP contribution is -2.43. The summed E-state index contributed by atoms with van der Waals surface area (Å²) in [5.41, 5.74) is 0.744. The summed E-state index contributed by atoms with van der Waals surface area (Å²) in [4.78, 5) is 28.3. The van der Waals surface area contributed by atoms with Crippen LogP contribution in [0.4, 0.5) is 0 Å². The van der Waals surface area contributed by atoms with Crippen molar-refractivity contribution in [3.8, 4) is 5.75 Å². The Balaban J connectivity index is 1.43. The molecule has 6 nitrogen and oxygen atoms in total. The summed E-state index contributed by atoms with van der Waals surface area (Å²) in [5.74, 6) is 0.820. The number of methoxy groups -OCH3 is 1. The van der Waals surface area contributed by atoms with Crippen LogP contribution in [0.15, 0.2) is 24.3 Å². The van der Waals surface area contributed by atoms with E-state index in [1.807, 2.05) is 29.2 Å². The average molecular weight is 403 g/mol. The molecule has 2 aliphatic rings. The van der Waals surface area contributed by atoms with E-state index in [4.69, 9.17) is 9.47 Å². The van der Waals surface area contributed by atoms with Crippen LogP contribution < -0.4 is 4.74 Å². The lowest BCUT2D eigenvalue weighted by molar-refractivity contribution is -0.141. The van der Waals surface area contributed by atoms with E-state index in [0.717, 1.165) is 69.6 Å². The molecule has 0 N–H and O–H groups in total. The fourth-order valence-corrected chi connectivity index (χ4v) is 4.19. The Labute approximate surface area is 174 Å². The zero-order chi connectivity index (χ0) is 20.6. The van der Waals surface area contributed by atoms with Gasteiger partial charge in [-0.15, -0.1) is 0 Å². The maximum Gasteiger partial charge on any atom is 0.305 e. The molecule has 2 heterocycles. The third kappa shape index (κ3) is 6.20. The van der Waals surface area contributed by atoms with Crippen molar-refractivity contribution in [1.29, 1.82) is 0 Å². The molecule has 1 aromatic carbocycles. The zero-order valence-electron chi connectivity index (χ0n) is 17.8. The third-order valence-corrected chi connectivity index (χ3v) is 6.14. The Kier molecular flexibility index (Phi) is 7.92. The number of carbonyl (C=O) groups excluding carboxylic acids is 2. The van der Waals surface area contributed by atoms with Gasteiger partial charge in [-0.3, -0.25) is 9.59 Å². The summed E-state index contributed by atoms with van der Waals surface area (Å²) in [6.07, 6.45) is 6.86. The minimum Gasteiger partial charge on any atom is -0.490 e. The molecule has 0 saturated carbocycles. The molecular weight excluding hydrogens is 368 g/mol. The summed E-state index contributed by atoms with van der Waals surface area (Å²) < 4.78 is 10.9. The van der Waals surface area contributed by atoms with Crippen LogP contribution in [0.2, 0.25) is 0 Å². The zero-order valence-corrected chi connectivity index (χ0v) is 17.8. The molecule has 29 heavy (non-hydrogen) atoms. The second kappa shape index (κ2) is 10.6. The summed E-state index contributed by atoms with van der Waals surface area (Å²) >= 11 is 0. The molecule has 2 fully saturated rings. The van der Waals surface area contributed by atoms with Crippen LogP contribution in [-0.2, 0) is 9.53 Å². The summed E-state index contributed by atoms with van der Waals surface area (Å²) in [7, 11) is 1.44. The fraction of sp³-hybridized carbons (Fsp3) is 0.652. The Morgan fingerprint density at radius 2 is 1.69 bits per heavy atom. The van der Waals surface area contributed by atoms with Crippen molar-refractivity contribution in [3.63, 3.8) is 0 Å². The van der Waals surface area contributed by atoms with E-state index in [0.29, 0.717) is 12.5 Å². The molecule has 2 aliphatic heterocycles. The average Bonchev–Trinajstić information content (AvgIpc) is 2.78. The monoisotopic (exact) mass is 402 g/mol. The Hall–Kier alpha value is -2.08. The normalized spacial score (nSPS) is 19.6. The molecule has 0 aliphatic carbocycles. The number of benzene rings is 1. The van der Waals surface area contributed by atoms with Crippen molar-refractivity contribution in [1.82, 2.24) is 9.80 Å². The van der Waals surface area contributed by atoms with Gasteiger partial charge in [0.05, 0.1) is 7.11 Å². The van der Waals surface area contributed by atoms with Gasteiger partial charge in [0.25, 0.3) is 5.91 Å². The standard InChI is InChI=1S/C23H34N2O4/c1-18(6-11-22(26)28-2)24-16-12-21(13-17-24)29-20-9-7-19(8-10-20)23(27)25-14-4-3-5-15-25/h7-10,18,21H,3-6,11-17H2,1-2H3. The highest BCUT2D eigenvalue weighted by atomic mass is 16.5. The summed E-state index contributed by atoms with van der Waals surface area (Å²) in [5, 5.41) is 0. The second-order valence-corrected chi connectivity index (χ2v) is 8.19. The highest BCUT2D eigenvalue weighted by molar-refractivity contribution is 5.94. The molecule has 6 heteroatoms. The van der Waals surface area contributed by atoms with Crippen LogP contribution >= 0.6 is 0 Å². The van der Waals surface area contributed by atoms with Crippen LogP contribution in [0.25, 0.3) is 0 Å². The van der Waals surface area contributed by atoms with Gasteiger partial charge in [-0.1, -0.05) is 0 Å². The molecule has 3 rings (SSSR count). The third-order valence-electron chi connectivity index (χ3n) is 6.14. The van der Waals surface area contributed by atoms with Gasteiger partial charge in [0.1, 0.15) is 11.9 Å². The van der Waals surface area contributed by atoms with E-state index in [1.54, 1.807) is 0 Å². The number of likely N-dealkylation sites (tertiary alicyclic amines) is 2. The van der Waals surface area contributed by atoms with E-state index in [1.165, 1.54) is 13.5 Å². The Bertz CT molecular complexity index is 662. The first-order valence-corrected chi connectivity index (χ1v) is 10.9. The molecule has 1 atom stereocenters. The van der Waals surface area contributed by atoms with Gasteiger partial charge >= 0.3 is 5.97 Å². The van der Waals surface area contributed by atoms with Crippen molar-refractivity contribution >= 4 is 11.9 Å². The Morgan fingerprint density at radius 3 is 2.31 bits per heavy atom. The van der Waals surface area contributed by atoms with Crippen molar-refractivity contribution in [2.45, 2.75) is 64.0 Å². The summed E-state index contributed by atoms with van der Waals surface area (Å²) in [6, 6.07) is 7.98. The molecule has 1 unspecified atom stereocenters. The molecule has 0 spiro atoms. The van der Waals surface area contributed by atoms with Crippen LogP contribution in [0.1, 0.15) is 62.2 Å². The van der Waals surface area contributed by atoms with Gasteiger partial charge in [0.15, 0.2) is 0 Å². The first-order valence-electron chi connectivity index (χ1n) is 10.9. The van der Waals surface area contributed by atoms with Crippen molar-refractivity contribution < 1.29 is 19.1 Å². The quantitative estimate of drug-likeness (QED) is 0.654. The lowest BCUT2D eigenvalue weighted by Gasteiger charge is -2.36. The predicted octanol–water partition coefficient (Wildman–Crippen LogP) is 3.50. The van der Waals surface area contributed by atoms with E-state index < -0.39 is 0 Å². The number of nitrogens with zero attached hydrogens (tertiary/aromatic N) is 2. The number of hydrogen-bond acceptors (Lipinski definition) is 5. The minimum absolute atomic E-state index is 0.130. The number of carbonyl (C=O) groups is 2. The molecular formula is C23H34N2O4. The predicted molar refractivity (Wildman–Crippen MR) is 112 cm³/mol. The highest BCUT2D eigenvalue weighted by Gasteiger charge is 2.24. The lowest BCUT2D eigenvalue weighted by atomic mass is 10.0. The largest absolute Gasteiger partial charge is 0.490 e. The van der Waals surface area contributed by atoms with Crippen LogP contribution in [0.5, 0.6) is 5.75 Å². The van der Waals surface area contributed by atoms with E-state index >= 15 is 0 Å². The minimum atomic E-state index is -0.141. The fourth-order valence-electron chi connectivity index (χ4n) is 4.19. The number of rotatable bonds is 7. The molecule has 1 aromatic rings.